The highest BCUT2D eigenvalue weighted by Crippen LogP contribution is 2.32. The van der Waals surface area contributed by atoms with E-state index in [1.807, 2.05) is 19.1 Å². The van der Waals surface area contributed by atoms with E-state index in [0.717, 1.165) is 25.9 Å². The van der Waals surface area contributed by atoms with Crippen molar-refractivity contribution in [1.82, 2.24) is 4.37 Å². The van der Waals surface area contributed by atoms with Crippen LogP contribution in [-0.4, -0.2) is 4.37 Å². The summed E-state index contributed by atoms with van der Waals surface area (Å²) < 4.78 is 6.33. The number of nitrogen functional groups attached to an aromatic ring is 1. The van der Waals surface area contributed by atoms with Crippen LogP contribution < -0.4 is 5.73 Å². The van der Waals surface area contributed by atoms with Gasteiger partial charge < -0.3 is 5.73 Å². The van der Waals surface area contributed by atoms with E-state index in [-0.39, 0.29) is 0 Å². The van der Waals surface area contributed by atoms with Gasteiger partial charge in [-0.2, -0.15) is 4.37 Å². The second-order valence-corrected chi connectivity index (χ2v) is 4.26. The Kier molecular flexibility index (Phi) is 1.81. The van der Waals surface area contributed by atoms with E-state index in [0.29, 0.717) is 0 Å². The molecule has 0 bridgehead atoms. The van der Waals surface area contributed by atoms with Crippen molar-refractivity contribution in [3.8, 4) is 0 Å². The minimum absolute atomic E-state index is 0.791. The van der Waals surface area contributed by atoms with Crippen LogP contribution in [0.15, 0.2) is 16.6 Å². The van der Waals surface area contributed by atoms with Gasteiger partial charge in [-0.1, -0.05) is 0 Å². The lowest BCUT2D eigenvalue weighted by molar-refractivity contribution is 1.37. The number of hydrogen-bond donors (Lipinski definition) is 1. The Morgan fingerprint density at radius 3 is 3.00 bits per heavy atom. The van der Waals surface area contributed by atoms with Crippen LogP contribution in [-0.2, 0) is 0 Å². The van der Waals surface area contributed by atoms with E-state index in [2.05, 4.69) is 20.3 Å². The summed E-state index contributed by atoms with van der Waals surface area (Å²) in [5.74, 6) is 0. The molecule has 4 heteroatoms. The number of fused-ring (bicyclic) bond motifs is 1. The molecule has 0 aliphatic carbocycles. The van der Waals surface area contributed by atoms with Crippen LogP contribution in [0.2, 0.25) is 0 Å². The molecule has 0 saturated carbocycles. The van der Waals surface area contributed by atoms with E-state index in [4.69, 9.17) is 5.73 Å². The SMILES string of the molecule is Cc1nsc2ccc(Br)c(N)c12. The van der Waals surface area contributed by atoms with Gasteiger partial charge in [-0.05, 0) is 46.5 Å². The third-order valence-electron chi connectivity index (χ3n) is 1.80. The molecule has 1 aromatic heterocycles. The minimum atomic E-state index is 0.791. The first-order valence-corrected chi connectivity index (χ1v) is 5.07. The molecule has 2 rings (SSSR count). The molecule has 62 valence electrons. The van der Waals surface area contributed by atoms with Crippen LogP contribution in [0, 0.1) is 6.92 Å². The predicted octanol–water partition coefficient (Wildman–Crippen LogP) is 2.95. The molecule has 1 aromatic carbocycles. The highest BCUT2D eigenvalue weighted by atomic mass is 79.9. The molecule has 0 radical (unpaired) electrons. The molecular formula is C8H7BrN2S. The number of aryl methyl sites for hydroxylation is 1. The summed E-state index contributed by atoms with van der Waals surface area (Å²) in [6.07, 6.45) is 0. The van der Waals surface area contributed by atoms with Crippen LogP contribution in [0.4, 0.5) is 5.69 Å². The summed E-state index contributed by atoms with van der Waals surface area (Å²) in [4.78, 5) is 0. The Bertz CT molecular complexity index is 436. The zero-order valence-corrected chi connectivity index (χ0v) is 8.87. The van der Waals surface area contributed by atoms with Gasteiger partial charge in [-0.15, -0.1) is 0 Å². The predicted molar refractivity (Wildman–Crippen MR) is 56.5 cm³/mol. The topological polar surface area (TPSA) is 38.9 Å². The monoisotopic (exact) mass is 242 g/mol. The van der Waals surface area contributed by atoms with Crippen molar-refractivity contribution in [2.45, 2.75) is 6.92 Å². The Hall–Kier alpha value is -0.610. The van der Waals surface area contributed by atoms with Crippen LogP contribution in [0.5, 0.6) is 0 Å². The van der Waals surface area contributed by atoms with E-state index in [1.165, 1.54) is 11.5 Å². The second kappa shape index (κ2) is 2.71. The number of nitrogens with zero attached hydrogens (tertiary/aromatic N) is 1. The Balaban J connectivity index is 2.96. The third-order valence-corrected chi connectivity index (χ3v) is 3.39. The van der Waals surface area contributed by atoms with Gasteiger partial charge in [0.25, 0.3) is 0 Å². The van der Waals surface area contributed by atoms with Gasteiger partial charge in [0.2, 0.25) is 0 Å². The van der Waals surface area contributed by atoms with E-state index in [9.17, 15) is 0 Å². The molecule has 0 aliphatic rings. The Labute approximate surface area is 82.7 Å². The number of nitrogens with two attached hydrogens (primary N) is 1. The molecule has 0 amide bonds. The van der Waals surface area contributed by atoms with Crippen LogP contribution in [0.25, 0.3) is 10.1 Å². The molecule has 12 heavy (non-hydrogen) atoms. The smallest absolute Gasteiger partial charge is 0.0611 e. The lowest BCUT2D eigenvalue weighted by Gasteiger charge is -1.98. The molecule has 2 nitrogen and oxygen atoms in total. The van der Waals surface area contributed by atoms with Crippen LogP contribution >= 0.6 is 27.5 Å². The van der Waals surface area contributed by atoms with Crippen molar-refractivity contribution in [2.24, 2.45) is 0 Å². The summed E-state index contributed by atoms with van der Waals surface area (Å²) in [6.45, 7) is 1.97. The number of halogens is 1. The maximum absolute atomic E-state index is 5.88. The van der Waals surface area contributed by atoms with Crippen molar-refractivity contribution in [3.63, 3.8) is 0 Å². The van der Waals surface area contributed by atoms with Crippen LogP contribution in [0.1, 0.15) is 5.69 Å². The molecule has 0 unspecified atom stereocenters. The zero-order valence-electron chi connectivity index (χ0n) is 6.47. The molecule has 2 aromatic rings. The summed E-state index contributed by atoms with van der Waals surface area (Å²) >= 11 is 4.87. The zero-order chi connectivity index (χ0) is 8.72. The molecule has 0 atom stereocenters. The lowest BCUT2D eigenvalue weighted by atomic mass is 10.2. The number of aromatic nitrogens is 1. The summed E-state index contributed by atoms with van der Waals surface area (Å²) in [6, 6.07) is 3.98. The fourth-order valence-corrected chi connectivity index (χ4v) is 2.32. The molecule has 2 N–H and O–H groups in total. The van der Waals surface area contributed by atoms with Crippen molar-refractivity contribution >= 4 is 43.2 Å². The summed E-state index contributed by atoms with van der Waals surface area (Å²) in [5, 5.41) is 1.08. The Morgan fingerprint density at radius 2 is 2.25 bits per heavy atom. The van der Waals surface area contributed by atoms with E-state index >= 15 is 0 Å². The van der Waals surface area contributed by atoms with Crippen molar-refractivity contribution in [1.29, 1.82) is 0 Å². The maximum Gasteiger partial charge on any atom is 0.0611 e. The standard InChI is InChI=1S/C8H7BrN2S/c1-4-7-6(12-11-4)3-2-5(9)8(7)10/h2-3H,10H2,1H3. The van der Waals surface area contributed by atoms with E-state index in [1.54, 1.807) is 0 Å². The average molecular weight is 243 g/mol. The van der Waals surface area contributed by atoms with Gasteiger partial charge in [-0.25, -0.2) is 0 Å². The molecule has 0 saturated heterocycles. The second-order valence-electron chi connectivity index (χ2n) is 2.60. The molecular weight excluding hydrogens is 236 g/mol. The first kappa shape index (κ1) is 8.01. The molecule has 0 spiro atoms. The van der Waals surface area contributed by atoms with Gasteiger partial charge in [0.15, 0.2) is 0 Å². The van der Waals surface area contributed by atoms with Gasteiger partial charge in [-0.3, -0.25) is 0 Å². The summed E-state index contributed by atoms with van der Waals surface area (Å²) in [5.41, 5.74) is 7.68. The first-order chi connectivity index (χ1) is 5.70. The highest BCUT2D eigenvalue weighted by Gasteiger charge is 2.07. The van der Waals surface area contributed by atoms with Crippen molar-refractivity contribution in [3.05, 3.63) is 22.3 Å². The summed E-state index contributed by atoms with van der Waals surface area (Å²) in [7, 11) is 0. The first-order valence-electron chi connectivity index (χ1n) is 3.50. The van der Waals surface area contributed by atoms with Gasteiger partial charge in [0.1, 0.15) is 0 Å². The van der Waals surface area contributed by atoms with E-state index < -0.39 is 0 Å². The fraction of sp³-hybridized carbons (Fsp3) is 0.125. The number of benzene rings is 1. The van der Waals surface area contributed by atoms with Crippen molar-refractivity contribution < 1.29 is 0 Å². The number of hydrogen-bond acceptors (Lipinski definition) is 3. The number of rotatable bonds is 0. The molecule has 1 heterocycles. The fourth-order valence-electron chi connectivity index (χ4n) is 1.19. The van der Waals surface area contributed by atoms with Crippen molar-refractivity contribution in [2.75, 3.05) is 5.73 Å². The average Bonchev–Trinajstić information content (AvgIpc) is 2.41. The molecule has 0 fully saturated rings. The third kappa shape index (κ3) is 1.03. The van der Waals surface area contributed by atoms with Gasteiger partial charge >= 0.3 is 0 Å². The number of anilines is 1. The largest absolute Gasteiger partial charge is 0.397 e. The lowest BCUT2D eigenvalue weighted by Crippen LogP contribution is -1.87. The highest BCUT2D eigenvalue weighted by molar-refractivity contribution is 9.10. The minimum Gasteiger partial charge on any atom is -0.397 e. The Morgan fingerprint density at radius 1 is 1.50 bits per heavy atom. The normalized spacial score (nSPS) is 10.8. The molecule has 0 aliphatic heterocycles. The quantitative estimate of drug-likeness (QED) is 0.722. The van der Waals surface area contributed by atoms with Gasteiger partial charge in [0, 0.05) is 9.86 Å². The van der Waals surface area contributed by atoms with Gasteiger partial charge in [0.05, 0.1) is 16.1 Å². The van der Waals surface area contributed by atoms with Crippen LogP contribution in [0.3, 0.4) is 0 Å². The maximum atomic E-state index is 5.88.